The van der Waals surface area contributed by atoms with Crippen LogP contribution in [0.25, 0.3) is 0 Å². The summed E-state index contributed by atoms with van der Waals surface area (Å²) in [6.45, 7) is 1.30. The minimum absolute atomic E-state index is 0.0237. The summed E-state index contributed by atoms with van der Waals surface area (Å²) >= 11 is 5.00. The number of hydrogen-bond acceptors (Lipinski definition) is 3. The first-order valence-corrected chi connectivity index (χ1v) is 7.22. The third-order valence-electron chi connectivity index (χ3n) is 3.15. The number of nitrogens with one attached hydrogen (secondary N) is 2. The number of rotatable bonds is 4. The number of hydrogen-bond donors (Lipinski definition) is 2. The van der Waals surface area contributed by atoms with Crippen LogP contribution in [0.5, 0.6) is 0 Å². The third kappa shape index (κ3) is 4.96. The van der Waals surface area contributed by atoms with Gasteiger partial charge >= 0.3 is 6.18 Å². The van der Waals surface area contributed by atoms with Crippen molar-refractivity contribution in [1.82, 2.24) is 10.7 Å². The summed E-state index contributed by atoms with van der Waals surface area (Å²) in [4.78, 5) is 0. The summed E-state index contributed by atoms with van der Waals surface area (Å²) in [6.07, 6.45) is -1.20. The second-order valence-corrected chi connectivity index (χ2v) is 5.21. The zero-order valence-corrected chi connectivity index (χ0v) is 12.5. The Labute approximate surface area is 131 Å². The Morgan fingerprint density at radius 2 is 2.18 bits per heavy atom. The van der Waals surface area contributed by atoms with Gasteiger partial charge in [-0.25, -0.2) is 0 Å². The minimum atomic E-state index is -4.42. The van der Waals surface area contributed by atoms with Gasteiger partial charge in [-0.3, -0.25) is 5.43 Å². The van der Waals surface area contributed by atoms with Gasteiger partial charge in [0.05, 0.1) is 17.9 Å². The van der Waals surface area contributed by atoms with Crippen LogP contribution in [0.4, 0.5) is 13.2 Å². The molecule has 1 aromatic rings. The Balaban J connectivity index is 1.85. The maximum Gasteiger partial charge on any atom is 0.417 e. The molecular formula is C14H16F3N3OS. The predicted molar refractivity (Wildman–Crippen MR) is 81.7 cm³/mol. The van der Waals surface area contributed by atoms with Gasteiger partial charge in [0.1, 0.15) is 0 Å². The standard InChI is InChI=1S/C14H16F3N3OS/c15-14(16,17)12-6-2-1-4-10(12)8-19-20-13(22)18-9-11-5-3-7-21-11/h1-2,4,6,8,11H,3,5,7,9H2,(H2,18,20,22)/b19-8-/t11-/m1/s1. The van der Waals surface area contributed by atoms with Crippen LogP contribution in [0.3, 0.4) is 0 Å². The van der Waals surface area contributed by atoms with Gasteiger partial charge in [-0.2, -0.15) is 18.3 Å². The van der Waals surface area contributed by atoms with Gasteiger partial charge in [-0.15, -0.1) is 0 Å². The molecule has 1 heterocycles. The molecule has 1 aliphatic heterocycles. The zero-order valence-electron chi connectivity index (χ0n) is 11.7. The monoisotopic (exact) mass is 331 g/mol. The Kier molecular flexibility index (Phi) is 5.73. The number of thiocarbonyl (C=S) groups is 1. The lowest BCUT2D eigenvalue weighted by Crippen LogP contribution is -2.37. The molecule has 1 atom stereocenters. The Hall–Kier alpha value is -1.67. The van der Waals surface area contributed by atoms with E-state index in [1.54, 1.807) is 0 Å². The Morgan fingerprint density at radius 3 is 2.86 bits per heavy atom. The molecule has 4 nitrogen and oxygen atoms in total. The molecule has 0 aliphatic carbocycles. The highest BCUT2D eigenvalue weighted by molar-refractivity contribution is 7.80. The van der Waals surface area contributed by atoms with Gasteiger partial charge in [-0.05, 0) is 31.1 Å². The van der Waals surface area contributed by atoms with E-state index in [1.165, 1.54) is 18.2 Å². The van der Waals surface area contributed by atoms with E-state index in [-0.39, 0.29) is 16.8 Å². The molecule has 0 radical (unpaired) electrons. The van der Waals surface area contributed by atoms with Crippen LogP contribution in [-0.4, -0.2) is 30.6 Å². The third-order valence-corrected chi connectivity index (χ3v) is 3.39. The van der Waals surface area contributed by atoms with Crippen molar-refractivity contribution in [2.45, 2.75) is 25.1 Å². The van der Waals surface area contributed by atoms with E-state index in [0.29, 0.717) is 6.54 Å². The van der Waals surface area contributed by atoms with Crippen molar-refractivity contribution in [2.24, 2.45) is 5.10 Å². The van der Waals surface area contributed by atoms with E-state index in [1.807, 2.05) is 0 Å². The zero-order chi connectivity index (χ0) is 16.0. The lowest BCUT2D eigenvalue weighted by atomic mass is 10.1. The van der Waals surface area contributed by atoms with E-state index in [9.17, 15) is 13.2 Å². The summed E-state index contributed by atoms with van der Waals surface area (Å²) in [5.74, 6) is 0. The average Bonchev–Trinajstić information content (AvgIpc) is 2.98. The van der Waals surface area contributed by atoms with Crippen LogP contribution < -0.4 is 10.7 Å². The van der Waals surface area contributed by atoms with Gasteiger partial charge in [-0.1, -0.05) is 18.2 Å². The van der Waals surface area contributed by atoms with E-state index < -0.39 is 11.7 Å². The number of benzene rings is 1. The van der Waals surface area contributed by atoms with Crippen molar-refractivity contribution in [1.29, 1.82) is 0 Å². The topological polar surface area (TPSA) is 45.7 Å². The number of alkyl halides is 3. The molecule has 1 fully saturated rings. The summed E-state index contributed by atoms with van der Waals surface area (Å²) in [7, 11) is 0. The van der Waals surface area contributed by atoms with Crippen molar-refractivity contribution in [2.75, 3.05) is 13.2 Å². The van der Waals surface area contributed by atoms with Crippen molar-refractivity contribution in [3.63, 3.8) is 0 Å². The fourth-order valence-electron chi connectivity index (χ4n) is 2.08. The second kappa shape index (κ2) is 7.55. The van der Waals surface area contributed by atoms with E-state index >= 15 is 0 Å². The lowest BCUT2D eigenvalue weighted by Gasteiger charge is -2.12. The van der Waals surface area contributed by atoms with Gasteiger partial charge in [0.2, 0.25) is 0 Å². The highest BCUT2D eigenvalue weighted by atomic mass is 32.1. The molecule has 8 heteroatoms. The molecule has 2 rings (SSSR count). The normalized spacial score (nSPS) is 18.6. The molecule has 1 aromatic carbocycles. The van der Waals surface area contributed by atoms with E-state index in [4.69, 9.17) is 17.0 Å². The first kappa shape index (κ1) is 16.7. The molecule has 0 bridgehead atoms. The molecular weight excluding hydrogens is 315 g/mol. The quantitative estimate of drug-likeness (QED) is 0.506. The number of halogens is 3. The summed E-state index contributed by atoms with van der Waals surface area (Å²) in [5, 5.41) is 6.90. The van der Waals surface area contributed by atoms with Crippen LogP contribution in [0.1, 0.15) is 24.0 Å². The fraction of sp³-hybridized carbons (Fsp3) is 0.429. The molecule has 1 aliphatic rings. The van der Waals surface area contributed by atoms with Crippen molar-refractivity contribution >= 4 is 23.5 Å². The van der Waals surface area contributed by atoms with Crippen LogP contribution >= 0.6 is 12.2 Å². The predicted octanol–water partition coefficient (Wildman–Crippen LogP) is 2.68. The lowest BCUT2D eigenvalue weighted by molar-refractivity contribution is -0.137. The van der Waals surface area contributed by atoms with Gasteiger partial charge in [0, 0.05) is 18.7 Å². The Morgan fingerprint density at radius 1 is 1.41 bits per heavy atom. The summed E-state index contributed by atoms with van der Waals surface area (Å²) in [6, 6.07) is 5.21. The van der Waals surface area contributed by atoms with Gasteiger partial charge in [0.25, 0.3) is 0 Å². The van der Waals surface area contributed by atoms with Crippen LogP contribution in [0.15, 0.2) is 29.4 Å². The minimum Gasteiger partial charge on any atom is -0.376 e. The van der Waals surface area contributed by atoms with Crippen molar-refractivity contribution in [3.05, 3.63) is 35.4 Å². The largest absolute Gasteiger partial charge is 0.417 e. The second-order valence-electron chi connectivity index (χ2n) is 4.80. The highest BCUT2D eigenvalue weighted by Gasteiger charge is 2.32. The molecule has 0 spiro atoms. The van der Waals surface area contributed by atoms with Crippen LogP contribution in [0, 0.1) is 0 Å². The highest BCUT2D eigenvalue weighted by Crippen LogP contribution is 2.30. The van der Waals surface area contributed by atoms with E-state index in [0.717, 1.165) is 31.7 Å². The SMILES string of the molecule is FC(F)(F)c1ccccc1/C=N\NC(=S)NC[C@H]1CCCO1. The number of nitrogens with zero attached hydrogens (tertiary/aromatic N) is 1. The summed E-state index contributed by atoms with van der Waals surface area (Å²) in [5.41, 5.74) is 1.74. The van der Waals surface area contributed by atoms with Crippen LogP contribution in [-0.2, 0) is 10.9 Å². The molecule has 1 saturated heterocycles. The Bertz CT molecular complexity index is 542. The summed E-state index contributed by atoms with van der Waals surface area (Å²) < 4.78 is 43.8. The maximum atomic E-state index is 12.8. The van der Waals surface area contributed by atoms with Gasteiger partial charge in [0.15, 0.2) is 5.11 Å². The van der Waals surface area contributed by atoms with Crippen molar-refractivity contribution in [3.8, 4) is 0 Å². The average molecular weight is 331 g/mol. The molecule has 0 unspecified atom stereocenters. The fourth-order valence-corrected chi connectivity index (χ4v) is 2.22. The molecule has 0 saturated carbocycles. The molecule has 2 N–H and O–H groups in total. The molecule has 22 heavy (non-hydrogen) atoms. The maximum absolute atomic E-state index is 12.8. The first-order chi connectivity index (χ1) is 10.5. The smallest absolute Gasteiger partial charge is 0.376 e. The number of ether oxygens (including phenoxy) is 1. The van der Waals surface area contributed by atoms with Gasteiger partial charge < -0.3 is 10.1 Å². The molecule has 120 valence electrons. The molecule has 0 aromatic heterocycles. The number of hydrazone groups is 1. The van der Waals surface area contributed by atoms with E-state index in [2.05, 4.69) is 15.8 Å². The van der Waals surface area contributed by atoms with Crippen molar-refractivity contribution < 1.29 is 17.9 Å². The van der Waals surface area contributed by atoms with Crippen LogP contribution in [0.2, 0.25) is 0 Å². The molecule has 0 amide bonds. The first-order valence-electron chi connectivity index (χ1n) is 6.81.